The van der Waals surface area contributed by atoms with Gasteiger partial charge in [0, 0.05) is 22.4 Å². The third-order valence-electron chi connectivity index (χ3n) is 4.06. The molecular formula is C18H13BrClF2NO2S. The molecule has 136 valence electrons. The largest absolute Gasteiger partial charge is 0.274 e. The van der Waals surface area contributed by atoms with Gasteiger partial charge in [0.15, 0.2) is 0 Å². The minimum atomic E-state index is -0.843. The Balaban J connectivity index is 1.91. The van der Waals surface area contributed by atoms with E-state index in [4.69, 9.17) is 11.6 Å². The highest BCUT2D eigenvalue weighted by Crippen LogP contribution is 2.38. The van der Waals surface area contributed by atoms with Gasteiger partial charge in [-0.05, 0) is 59.1 Å². The number of carbonyl (C=O) groups is 2. The molecule has 1 saturated heterocycles. The molecule has 0 aliphatic carbocycles. The van der Waals surface area contributed by atoms with Gasteiger partial charge in [-0.2, -0.15) is 0 Å². The smallest absolute Gasteiger partial charge is 0.247 e. The molecule has 1 aliphatic heterocycles. The van der Waals surface area contributed by atoms with Crippen LogP contribution in [0.25, 0.3) is 0 Å². The Kier molecular flexibility index (Phi) is 5.42. The third-order valence-corrected chi connectivity index (χ3v) is 6.42. The monoisotopic (exact) mass is 459 g/mol. The van der Waals surface area contributed by atoms with Crippen LogP contribution in [0.1, 0.15) is 17.5 Å². The number of hydrogen-bond donors (Lipinski definition) is 0. The second-order valence-corrected chi connectivity index (χ2v) is 8.47. The van der Waals surface area contributed by atoms with Gasteiger partial charge in [-0.1, -0.05) is 11.6 Å². The number of benzene rings is 2. The first-order valence-electron chi connectivity index (χ1n) is 7.63. The van der Waals surface area contributed by atoms with Crippen molar-refractivity contribution in [3.05, 3.63) is 56.5 Å². The molecule has 26 heavy (non-hydrogen) atoms. The highest BCUT2D eigenvalue weighted by Gasteiger charge is 2.41. The molecule has 2 aromatic carbocycles. The molecule has 8 heteroatoms. The zero-order chi connectivity index (χ0) is 19.2. The van der Waals surface area contributed by atoms with Gasteiger partial charge in [0.2, 0.25) is 11.8 Å². The van der Waals surface area contributed by atoms with E-state index in [1.165, 1.54) is 11.8 Å². The Labute approximate surface area is 166 Å². The predicted octanol–water partition coefficient (Wildman–Crippen LogP) is 5.42. The first-order valence-corrected chi connectivity index (χ1v) is 9.69. The molecule has 3 nitrogen and oxygen atoms in total. The van der Waals surface area contributed by atoms with E-state index in [-0.39, 0.29) is 16.6 Å². The first-order chi connectivity index (χ1) is 12.2. The van der Waals surface area contributed by atoms with Crippen LogP contribution in [-0.2, 0) is 9.59 Å². The lowest BCUT2D eigenvalue weighted by atomic mass is 10.2. The number of rotatable bonds is 3. The maximum absolute atomic E-state index is 14.2. The topological polar surface area (TPSA) is 37.4 Å². The number of carbonyl (C=O) groups excluding carboxylic acids is 2. The average molecular weight is 461 g/mol. The Morgan fingerprint density at radius 1 is 1.12 bits per heavy atom. The zero-order valence-corrected chi connectivity index (χ0v) is 16.9. The summed E-state index contributed by atoms with van der Waals surface area (Å²) in [5.41, 5.74) is 1.37. The minimum Gasteiger partial charge on any atom is -0.274 e. The normalized spacial score (nSPS) is 17.3. The summed E-state index contributed by atoms with van der Waals surface area (Å²) < 4.78 is 27.9. The van der Waals surface area contributed by atoms with E-state index >= 15 is 0 Å². The van der Waals surface area contributed by atoms with Crippen LogP contribution in [0.2, 0.25) is 5.02 Å². The molecule has 1 unspecified atom stereocenters. The van der Waals surface area contributed by atoms with Crippen molar-refractivity contribution in [3.8, 4) is 0 Å². The number of imide groups is 1. The van der Waals surface area contributed by atoms with Crippen molar-refractivity contribution in [1.29, 1.82) is 0 Å². The van der Waals surface area contributed by atoms with Gasteiger partial charge in [0.25, 0.3) is 0 Å². The second-order valence-electron chi connectivity index (χ2n) is 5.96. The van der Waals surface area contributed by atoms with Gasteiger partial charge >= 0.3 is 0 Å². The Bertz CT molecular complexity index is 938. The fraction of sp³-hybridized carbons (Fsp3) is 0.222. The van der Waals surface area contributed by atoms with E-state index in [0.717, 1.165) is 33.1 Å². The maximum Gasteiger partial charge on any atom is 0.247 e. The van der Waals surface area contributed by atoms with Crippen LogP contribution in [0, 0.1) is 25.5 Å². The molecule has 0 bridgehead atoms. The molecule has 1 fully saturated rings. The molecule has 0 aromatic heterocycles. The van der Waals surface area contributed by atoms with Crippen molar-refractivity contribution in [1.82, 2.24) is 0 Å². The minimum absolute atomic E-state index is 0.0731. The van der Waals surface area contributed by atoms with Crippen molar-refractivity contribution >= 4 is 56.8 Å². The number of aryl methyl sites for hydroxylation is 2. The van der Waals surface area contributed by atoms with Crippen LogP contribution in [0.15, 0.2) is 33.6 Å². The van der Waals surface area contributed by atoms with Crippen LogP contribution in [-0.4, -0.2) is 17.1 Å². The summed E-state index contributed by atoms with van der Waals surface area (Å²) in [5.74, 6) is -2.71. The number of hydrogen-bond acceptors (Lipinski definition) is 3. The highest BCUT2D eigenvalue weighted by atomic mass is 79.9. The van der Waals surface area contributed by atoms with Crippen LogP contribution in [0.4, 0.5) is 14.5 Å². The van der Waals surface area contributed by atoms with Crippen molar-refractivity contribution in [2.24, 2.45) is 0 Å². The molecule has 2 amide bonds. The van der Waals surface area contributed by atoms with Crippen molar-refractivity contribution in [2.75, 3.05) is 4.90 Å². The van der Waals surface area contributed by atoms with Gasteiger partial charge < -0.3 is 0 Å². The van der Waals surface area contributed by atoms with Gasteiger partial charge in [-0.15, -0.1) is 11.8 Å². The summed E-state index contributed by atoms with van der Waals surface area (Å²) in [4.78, 5) is 26.5. The maximum atomic E-state index is 14.2. The van der Waals surface area contributed by atoms with Crippen molar-refractivity contribution in [2.45, 2.75) is 30.4 Å². The van der Waals surface area contributed by atoms with Crippen LogP contribution >= 0.6 is 39.3 Å². The molecule has 0 N–H and O–H groups in total. The molecule has 1 aliphatic rings. The molecule has 1 heterocycles. The summed E-state index contributed by atoms with van der Waals surface area (Å²) >= 11 is 10.2. The van der Waals surface area contributed by atoms with E-state index in [1.54, 1.807) is 6.07 Å². The number of nitrogens with zero attached hydrogens (tertiary/aromatic N) is 1. The second kappa shape index (κ2) is 7.29. The summed E-state index contributed by atoms with van der Waals surface area (Å²) in [6, 6.07) is 5.39. The molecular weight excluding hydrogens is 448 g/mol. The number of thioether (sulfide) groups is 1. The SMILES string of the molecule is Cc1cc(SC2CC(=O)N(c3cc(F)c(Br)cc3F)C2=O)c(C)cc1Cl. The summed E-state index contributed by atoms with van der Waals surface area (Å²) in [5, 5.41) is -0.0809. The van der Waals surface area contributed by atoms with E-state index < -0.39 is 28.7 Å². The molecule has 0 saturated carbocycles. The Hall–Kier alpha value is -1.44. The molecule has 0 radical (unpaired) electrons. The van der Waals surface area contributed by atoms with Gasteiger partial charge in [-0.3, -0.25) is 9.59 Å². The molecule has 0 spiro atoms. The van der Waals surface area contributed by atoms with Gasteiger partial charge in [0.1, 0.15) is 11.6 Å². The average Bonchev–Trinajstić information content (AvgIpc) is 2.83. The first kappa shape index (κ1) is 19.3. The fourth-order valence-electron chi connectivity index (χ4n) is 2.67. The fourth-order valence-corrected chi connectivity index (χ4v) is 4.43. The van der Waals surface area contributed by atoms with Crippen LogP contribution in [0.3, 0.4) is 0 Å². The standard InChI is InChI=1S/C18H13BrClF2NO2S/c1-8-4-15(9(2)3-11(8)20)26-16-7-17(24)23(18(16)25)14-6-12(21)10(19)5-13(14)22/h3-6,16H,7H2,1-2H3. The van der Waals surface area contributed by atoms with Crippen molar-refractivity contribution in [3.63, 3.8) is 0 Å². The number of halogens is 4. The Morgan fingerprint density at radius 3 is 2.50 bits per heavy atom. The van der Waals surface area contributed by atoms with Crippen LogP contribution in [0.5, 0.6) is 0 Å². The van der Waals surface area contributed by atoms with Gasteiger partial charge in [-0.25, -0.2) is 13.7 Å². The third kappa shape index (κ3) is 3.52. The molecule has 2 aromatic rings. The van der Waals surface area contributed by atoms with Gasteiger partial charge in [0.05, 0.1) is 15.4 Å². The number of anilines is 1. The Morgan fingerprint density at radius 2 is 1.81 bits per heavy atom. The summed E-state index contributed by atoms with van der Waals surface area (Å²) in [7, 11) is 0. The summed E-state index contributed by atoms with van der Waals surface area (Å²) in [6.45, 7) is 3.70. The van der Waals surface area contributed by atoms with E-state index in [1.807, 2.05) is 19.9 Å². The van der Waals surface area contributed by atoms with E-state index in [2.05, 4.69) is 15.9 Å². The highest BCUT2D eigenvalue weighted by molar-refractivity contribution is 9.10. The lowest BCUT2D eigenvalue weighted by Gasteiger charge is -2.17. The predicted molar refractivity (Wildman–Crippen MR) is 102 cm³/mol. The lowest BCUT2D eigenvalue weighted by molar-refractivity contribution is -0.121. The number of amides is 2. The lowest BCUT2D eigenvalue weighted by Crippen LogP contribution is -2.32. The van der Waals surface area contributed by atoms with Crippen molar-refractivity contribution < 1.29 is 18.4 Å². The van der Waals surface area contributed by atoms with E-state index in [0.29, 0.717) is 5.02 Å². The quantitative estimate of drug-likeness (QED) is 0.453. The zero-order valence-electron chi connectivity index (χ0n) is 13.8. The van der Waals surface area contributed by atoms with Crippen LogP contribution < -0.4 is 4.90 Å². The molecule has 1 atom stereocenters. The van der Waals surface area contributed by atoms with E-state index in [9.17, 15) is 18.4 Å². The molecule has 3 rings (SSSR count). The summed E-state index contributed by atoms with van der Waals surface area (Å²) in [6.07, 6.45) is -0.0816.